The number of benzene rings is 2. The number of nitroso groups, excluding NO2 is 1. The van der Waals surface area contributed by atoms with Crippen LogP contribution < -0.4 is 5.32 Å². The maximum Gasteiger partial charge on any atom is 0.118 e. The largest absolute Gasteiger partial charge is 0.317 e. The zero-order valence-corrected chi connectivity index (χ0v) is 19.5. The zero-order valence-electron chi connectivity index (χ0n) is 18.7. The lowest BCUT2D eigenvalue weighted by molar-refractivity contribution is 0.460. The Bertz CT molecular complexity index is 1060. The van der Waals surface area contributed by atoms with Crippen LogP contribution in [0.15, 0.2) is 66.0 Å². The van der Waals surface area contributed by atoms with Crippen molar-refractivity contribution in [1.29, 1.82) is 0 Å². The summed E-state index contributed by atoms with van der Waals surface area (Å²) in [6, 6.07) is 18.4. The molecule has 2 atom stereocenters. The van der Waals surface area contributed by atoms with Crippen molar-refractivity contribution < 1.29 is 0 Å². The van der Waals surface area contributed by atoms with Crippen LogP contribution in [0.2, 0.25) is 5.02 Å². The minimum Gasteiger partial charge on any atom is -0.317 e. The van der Waals surface area contributed by atoms with Crippen molar-refractivity contribution in [2.24, 2.45) is 5.18 Å². The molecule has 1 saturated heterocycles. The van der Waals surface area contributed by atoms with Crippen LogP contribution >= 0.6 is 11.6 Å². The number of hydrogen-bond acceptors (Lipinski definition) is 4. The van der Waals surface area contributed by atoms with Gasteiger partial charge in [0.25, 0.3) is 0 Å². The maximum absolute atomic E-state index is 11.9. The van der Waals surface area contributed by atoms with Gasteiger partial charge in [-0.25, -0.2) is 0 Å². The van der Waals surface area contributed by atoms with Crippen LogP contribution in [0.3, 0.4) is 0 Å². The highest BCUT2D eigenvalue weighted by Gasteiger charge is 2.24. The minimum atomic E-state index is -0.444. The standard InChI is InChI=1S/C27H30ClN3O/c1-18-15-24(28)7-8-25(18)26(17-27(31-32)23-11-14-30-19(2)16-23)22-5-3-20(4-6-22)21-9-12-29-13-10-21/h3-8,11,14-16,21,26-27,29H,9-10,12-13,17H2,1-2H3. The lowest BCUT2D eigenvalue weighted by Crippen LogP contribution is -2.26. The van der Waals surface area contributed by atoms with Crippen LogP contribution in [0, 0.1) is 18.8 Å². The summed E-state index contributed by atoms with van der Waals surface area (Å²) < 4.78 is 0. The summed E-state index contributed by atoms with van der Waals surface area (Å²) in [4.78, 5) is 16.2. The number of aryl methyl sites for hydroxylation is 2. The molecular formula is C27H30ClN3O. The van der Waals surface area contributed by atoms with E-state index in [1.807, 2.05) is 31.2 Å². The van der Waals surface area contributed by atoms with Crippen LogP contribution in [-0.2, 0) is 0 Å². The summed E-state index contributed by atoms with van der Waals surface area (Å²) in [6.07, 6.45) is 4.70. The predicted octanol–water partition coefficient (Wildman–Crippen LogP) is 6.85. The molecule has 1 fully saturated rings. The first kappa shape index (κ1) is 22.6. The number of nitrogens with one attached hydrogen (secondary N) is 1. The van der Waals surface area contributed by atoms with E-state index < -0.39 is 6.04 Å². The Morgan fingerprint density at radius 1 is 1.03 bits per heavy atom. The Hall–Kier alpha value is -2.56. The summed E-state index contributed by atoms with van der Waals surface area (Å²) in [5.74, 6) is 0.663. The third-order valence-electron chi connectivity index (χ3n) is 6.65. The number of rotatable bonds is 7. The van der Waals surface area contributed by atoms with E-state index in [1.165, 1.54) is 29.5 Å². The van der Waals surface area contributed by atoms with E-state index in [0.717, 1.165) is 34.9 Å². The first-order valence-electron chi connectivity index (χ1n) is 11.4. The molecule has 1 aliphatic heterocycles. The van der Waals surface area contributed by atoms with Gasteiger partial charge < -0.3 is 5.32 Å². The monoisotopic (exact) mass is 447 g/mol. The molecule has 3 aromatic rings. The number of aromatic nitrogens is 1. The molecule has 2 heterocycles. The Kier molecular flexibility index (Phi) is 7.33. The van der Waals surface area contributed by atoms with E-state index in [-0.39, 0.29) is 5.92 Å². The van der Waals surface area contributed by atoms with Crippen LogP contribution in [0.1, 0.15) is 70.7 Å². The van der Waals surface area contributed by atoms with Crippen LogP contribution in [0.5, 0.6) is 0 Å². The molecule has 32 heavy (non-hydrogen) atoms. The van der Waals surface area contributed by atoms with E-state index in [2.05, 4.69) is 52.7 Å². The molecule has 1 aromatic heterocycles. The van der Waals surface area contributed by atoms with Gasteiger partial charge in [-0.1, -0.05) is 47.1 Å². The first-order chi connectivity index (χ1) is 15.5. The molecule has 2 aromatic carbocycles. The van der Waals surface area contributed by atoms with Gasteiger partial charge in [-0.2, -0.15) is 4.91 Å². The van der Waals surface area contributed by atoms with Crippen LogP contribution in [0.25, 0.3) is 0 Å². The molecule has 0 aliphatic carbocycles. The van der Waals surface area contributed by atoms with E-state index >= 15 is 0 Å². The molecule has 0 radical (unpaired) electrons. The fraction of sp³-hybridized carbons (Fsp3) is 0.370. The van der Waals surface area contributed by atoms with E-state index in [0.29, 0.717) is 12.3 Å². The van der Waals surface area contributed by atoms with Crippen molar-refractivity contribution >= 4 is 11.6 Å². The summed E-state index contributed by atoms with van der Waals surface area (Å²) in [5.41, 5.74) is 6.71. The number of halogens is 1. The lowest BCUT2D eigenvalue weighted by Gasteiger charge is -2.25. The van der Waals surface area contributed by atoms with E-state index in [1.54, 1.807) is 6.20 Å². The van der Waals surface area contributed by atoms with Gasteiger partial charge in [-0.3, -0.25) is 4.98 Å². The highest BCUT2D eigenvalue weighted by Crippen LogP contribution is 2.38. The van der Waals surface area contributed by atoms with Gasteiger partial charge in [0.15, 0.2) is 0 Å². The van der Waals surface area contributed by atoms with Crippen LogP contribution in [0.4, 0.5) is 0 Å². The van der Waals surface area contributed by atoms with Crippen molar-refractivity contribution in [1.82, 2.24) is 10.3 Å². The molecule has 5 heteroatoms. The van der Waals surface area contributed by atoms with E-state index in [4.69, 9.17) is 11.6 Å². The van der Waals surface area contributed by atoms with Gasteiger partial charge in [0.2, 0.25) is 0 Å². The lowest BCUT2D eigenvalue weighted by atomic mass is 9.81. The normalized spacial score (nSPS) is 16.5. The number of nitrogens with zero attached hydrogens (tertiary/aromatic N) is 2. The van der Waals surface area contributed by atoms with Crippen molar-refractivity contribution in [3.05, 3.63) is 104 Å². The molecule has 0 amide bonds. The molecule has 1 N–H and O–H groups in total. The second kappa shape index (κ2) is 10.4. The summed E-state index contributed by atoms with van der Waals surface area (Å²) in [7, 11) is 0. The average Bonchev–Trinajstić information content (AvgIpc) is 2.81. The fourth-order valence-electron chi connectivity index (χ4n) is 4.87. The molecular weight excluding hydrogens is 418 g/mol. The molecule has 1 aliphatic rings. The summed E-state index contributed by atoms with van der Waals surface area (Å²) in [5, 5.41) is 7.68. The SMILES string of the molecule is Cc1cc(C(CC(c2ccc(C3CCNCC3)cc2)c2ccc(Cl)cc2C)N=O)ccn1. The first-order valence-corrected chi connectivity index (χ1v) is 11.7. The Balaban J connectivity index is 1.68. The summed E-state index contributed by atoms with van der Waals surface area (Å²) in [6.45, 7) is 6.18. The number of piperidine rings is 1. The molecule has 4 nitrogen and oxygen atoms in total. The third kappa shape index (κ3) is 5.25. The predicted molar refractivity (Wildman–Crippen MR) is 131 cm³/mol. The topological polar surface area (TPSA) is 54.4 Å². The fourth-order valence-corrected chi connectivity index (χ4v) is 5.09. The third-order valence-corrected chi connectivity index (χ3v) is 6.88. The molecule has 0 bridgehead atoms. The van der Waals surface area contributed by atoms with Gasteiger partial charge in [0.05, 0.1) is 0 Å². The number of pyridine rings is 1. The van der Waals surface area contributed by atoms with Gasteiger partial charge in [-0.15, -0.1) is 0 Å². The Morgan fingerprint density at radius 2 is 1.78 bits per heavy atom. The quantitative estimate of drug-likeness (QED) is 0.403. The molecule has 0 spiro atoms. The Labute approximate surface area is 195 Å². The molecule has 0 saturated carbocycles. The van der Waals surface area contributed by atoms with Crippen molar-refractivity contribution in [3.8, 4) is 0 Å². The zero-order chi connectivity index (χ0) is 22.5. The maximum atomic E-state index is 11.9. The average molecular weight is 448 g/mol. The second-order valence-corrected chi connectivity index (χ2v) is 9.27. The molecule has 4 rings (SSSR count). The van der Waals surface area contributed by atoms with Gasteiger partial charge in [-0.05, 0) is 104 Å². The smallest absolute Gasteiger partial charge is 0.118 e. The highest BCUT2D eigenvalue weighted by molar-refractivity contribution is 6.30. The molecule has 166 valence electrons. The van der Waals surface area contributed by atoms with Crippen molar-refractivity contribution in [2.75, 3.05) is 13.1 Å². The van der Waals surface area contributed by atoms with Crippen molar-refractivity contribution in [3.63, 3.8) is 0 Å². The van der Waals surface area contributed by atoms with Gasteiger partial charge in [0.1, 0.15) is 6.04 Å². The molecule has 2 unspecified atom stereocenters. The summed E-state index contributed by atoms with van der Waals surface area (Å²) >= 11 is 6.24. The Morgan fingerprint density at radius 3 is 2.44 bits per heavy atom. The second-order valence-electron chi connectivity index (χ2n) is 8.83. The van der Waals surface area contributed by atoms with E-state index in [9.17, 15) is 4.91 Å². The minimum absolute atomic E-state index is 0.0468. The van der Waals surface area contributed by atoms with Gasteiger partial charge >= 0.3 is 0 Å². The highest BCUT2D eigenvalue weighted by atomic mass is 35.5. The van der Waals surface area contributed by atoms with Crippen molar-refractivity contribution in [2.45, 2.75) is 51.0 Å². The number of hydrogen-bond donors (Lipinski definition) is 1. The van der Waals surface area contributed by atoms with Gasteiger partial charge in [0, 0.05) is 22.8 Å². The van der Waals surface area contributed by atoms with Crippen LogP contribution in [-0.4, -0.2) is 18.1 Å².